The molecular weight excluding hydrogens is 204 g/mol. The minimum absolute atomic E-state index is 0.0461. The summed E-state index contributed by atoms with van der Waals surface area (Å²) in [5.74, 6) is 2.29. The zero-order valence-corrected chi connectivity index (χ0v) is 11.3. The van der Waals surface area contributed by atoms with Gasteiger partial charge < -0.3 is 5.11 Å². The third-order valence-corrected chi connectivity index (χ3v) is 3.62. The van der Waals surface area contributed by atoms with Gasteiger partial charge in [0.25, 0.3) is 0 Å². The Morgan fingerprint density at radius 3 is 2.27 bits per heavy atom. The Labute approximate surface area is 100 Å². The summed E-state index contributed by atoms with van der Waals surface area (Å²) in [4.78, 5) is 0. The SMILES string of the molecule is CCCCCCCCC(O)CCSCC. The van der Waals surface area contributed by atoms with Crippen LogP contribution >= 0.6 is 11.8 Å². The average molecular weight is 232 g/mol. The highest BCUT2D eigenvalue weighted by atomic mass is 32.2. The molecule has 15 heavy (non-hydrogen) atoms. The van der Waals surface area contributed by atoms with Gasteiger partial charge >= 0.3 is 0 Å². The molecule has 0 aromatic heterocycles. The first-order valence-electron chi connectivity index (χ1n) is 6.57. The molecule has 1 atom stereocenters. The zero-order valence-electron chi connectivity index (χ0n) is 10.5. The molecule has 2 heteroatoms. The smallest absolute Gasteiger partial charge is 0.0548 e. The lowest BCUT2D eigenvalue weighted by molar-refractivity contribution is 0.157. The van der Waals surface area contributed by atoms with Crippen molar-refractivity contribution in [2.45, 2.75) is 71.3 Å². The molecule has 0 heterocycles. The van der Waals surface area contributed by atoms with Gasteiger partial charge in [-0.25, -0.2) is 0 Å². The Morgan fingerprint density at radius 2 is 1.60 bits per heavy atom. The summed E-state index contributed by atoms with van der Waals surface area (Å²) in [6.07, 6.45) is 9.87. The molecule has 0 saturated heterocycles. The van der Waals surface area contributed by atoms with E-state index in [2.05, 4.69) is 13.8 Å². The first-order chi connectivity index (χ1) is 7.31. The first-order valence-corrected chi connectivity index (χ1v) is 7.72. The second-order valence-electron chi connectivity index (χ2n) is 4.20. The first kappa shape index (κ1) is 15.3. The van der Waals surface area contributed by atoms with Crippen molar-refractivity contribution >= 4 is 11.8 Å². The van der Waals surface area contributed by atoms with Crippen molar-refractivity contribution in [1.82, 2.24) is 0 Å². The second kappa shape index (κ2) is 12.4. The molecule has 0 saturated carbocycles. The van der Waals surface area contributed by atoms with E-state index in [1.165, 1.54) is 44.3 Å². The summed E-state index contributed by atoms with van der Waals surface area (Å²) in [6.45, 7) is 4.42. The molecule has 1 nitrogen and oxygen atoms in total. The Hall–Kier alpha value is 0.310. The van der Waals surface area contributed by atoms with E-state index < -0.39 is 0 Å². The minimum Gasteiger partial charge on any atom is -0.393 e. The van der Waals surface area contributed by atoms with Crippen molar-refractivity contribution in [3.63, 3.8) is 0 Å². The standard InChI is InChI=1S/C13H28OS/c1-3-5-6-7-8-9-10-13(14)11-12-15-4-2/h13-14H,3-12H2,1-2H3. The number of aliphatic hydroxyl groups excluding tert-OH is 1. The van der Waals surface area contributed by atoms with Crippen LogP contribution in [0, 0.1) is 0 Å². The lowest BCUT2D eigenvalue weighted by Gasteiger charge is -2.09. The van der Waals surface area contributed by atoms with Gasteiger partial charge in [-0.2, -0.15) is 11.8 Å². The molecule has 0 aromatic rings. The lowest BCUT2D eigenvalue weighted by atomic mass is 10.1. The van der Waals surface area contributed by atoms with Gasteiger partial charge in [0.1, 0.15) is 0 Å². The number of rotatable bonds is 11. The van der Waals surface area contributed by atoms with Gasteiger partial charge in [-0.15, -0.1) is 0 Å². The fourth-order valence-corrected chi connectivity index (χ4v) is 2.40. The molecule has 1 unspecified atom stereocenters. The van der Waals surface area contributed by atoms with E-state index in [1.807, 2.05) is 11.8 Å². The fraction of sp³-hybridized carbons (Fsp3) is 1.00. The molecule has 0 aliphatic heterocycles. The lowest BCUT2D eigenvalue weighted by Crippen LogP contribution is -2.07. The maximum absolute atomic E-state index is 9.67. The van der Waals surface area contributed by atoms with Crippen LogP contribution in [0.2, 0.25) is 0 Å². The van der Waals surface area contributed by atoms with Crippen LogP contribution in [0.25, 0.3) is 0 Å². The summed E-state index contributed by atoms with van der Waals surface area (Å²) in [6, 6.07) is 0. The summed E-state index contributed by atoms with van der Waals surface area (Å²) in [7, 11) is 0. The van der Waals surface area contributed by atoms with Crippen molar-refractivity contribution in [2.75, 3.05) is 11.5 Å². The molecular formula is C13H28OS. The molecule has 1 N–H and O–H groups in total. The average Bonchev–Trinajstić information content (AvgIpc) is 2.23. The highest BCUT2D eigenvalue weighted by molar-refractivity contribution is 7.99. The molecule has 0 aromatic carbocycles. The van der Waals surface area contributed by atoms with Crippen LogP contribution in [0.15, 0.2) is 0 Å². The molecule has 0 spiro atoms. The molecule has 92 valence electrons. The Balaban J connectivity index is 3.06. The Kier molecular flexibility index (Phi) is 12.6. The van der Waals surface area contributed by atoms with Gasteiger partial charge in [0, 0.05) is 0 Å². The van der Waals surface area contributed by atoms with E-state index >= 15 is 0 Å². The van der Waals surface area contributed by atoms with Gasteiger partial charge in [-0.3, -0.25) is 0 Å². The topological polar surface area (TPSA) is 20.2 Å². The van der Waals surface area contributed by atoms with Crippen molar-refractivity contribution < 1.29 is 5.11 Å². The summed E-state index contributed by atoms with van der Waals surface area (Å²) in [5, 5.41) is 9.67. The van der Waals surface area contributed by atoms with Gasteiger partial charge in [0.05, 0.1) is 6.10 Å². The number of thioether (sulfide) groups is 1. The monoisotopic (exact) mass is 232 g/mol. The zero-order chi connectivity index (χ0) is 11.4. The van der Waals surface area contributed by atoms with Crippen LogP contribution in [-0.4, -0.2) is 22.7 Å². The number of hydrogen-bond donors (Lipinski definition) is 1. The third kappa shape index (κ3) is 12.2. The molecule has 0 fully saturated rings. The fourth-order valence-electron chi connectivity index (χ4n) is 1.67. The Morgan fingerprint density at radius 1 is 0.933 bits per heavy atom. The molecule has 0 amide bonds. The van der Waals surface area contributed by atoms with Crippen LogP contribution in [0.3, 0.4) is 0 Å². The minimum atomic E-state index is -0.0461. The van der Waals surface area contributed by atoms with E-state index in [-0.39, 0.29) is 6.10 Å². The predicted octanol–water partition coefficient (Wildman–Crippen LogP) is 4.24. The number of aliphatic hydroxyl groups is 1. The van der Waals surface area contributed by atoms with Gasteiger partial charge in [0.15, 0.2) is 0 Å². The van der Waals surface area contributed by atoms with Crippen LogP contribution in [-0.2, 0) is 0 Å². The normalized spacial score (nSPS) is 13.0. The van der Waals surface area contributed by atoms with E-state index in [4.69, 9.17) is 0 Å². The molecule has 0 aliphatic rings. The second-order valence-corrected chi connectivity index (χ2v) is 5.59. The van der Waals surface area contributed by atoms with Crippen molar-refractivity contribution in [2.24, 2.45) is 0 Å². The maximum Gasteiger partial charge on any atom is 0.0548 e. The maximum atomic E-state index is 9.67. The van der Waals surface area contributed by atoms with Crippen LogP contribution in [0.1, 0.15) is 65.2 Å². The molecule has 0 radical (unpaired) electrons. The van der Waals surface area contributed by atoms with E-state index in [0.717, 1.165) is 18.6 Å². The van der Waals surface area contributed by atoms with E-state index in [1.54, 1.807) is 0 Å². The molecule has 0 aliphatic carbocycles. The van der Waals surface area contributed by atoms with Crippen LogP contribution in [0.5, 0.6) is 0 Å². The van der Waals surface area contributed by atoms with E-state index in [0.29, 0.717) is 0 Å². The predicted molar refractivity (Wildman–Crippen MR) is 71.6 cm³/mol. The summed E-state index contributed by atoms with van der Waals surface area (Å²) in [5.41, 5.74) is 0. The summed E-state index contributed by atoms with van der Waals surface area (Å²) >= 11 is 1.93. The quantitative estimate of drug-likeness (QED) is 0.538. The molecule has 0 rings (SSSR count). The van der Waals surface area contributed by atoms with Gasteiger partial charge in [-0.1, -0.05) is 52.4 Å². The third-order valence-electron chi connectivity index (χ3n) is 2.69. The van der Waals surface area contributed by atoms with Gasteiger partial charge in [-0.05, 0) is 24.3 Å². The Bertz CT molecular complexity index is 117. The van der Waals surface area contributed by atoms with Gasteiger partial charge in [0.2, 0.25) is 0 Å². The molecule has 0 bridgehead atoms. The number of hydrogen-bond acceptors (Lipinski definition) is 2. The van der Waals surface area contributed by atoms with E-state index in [9.17, 15) is 5.11 Å². The highest BCUT2D eigenvalue weighted by Crippen LogP contribution is 2.12. The van der Waals surface area contributed by atoms with Crippen molar-refractivity contribution in [3.05, 3.63) is 0 Å². The highest BCUT2D eigenvalue weighted by Gasteiger charge is 2.02. The largest absolute Gasteiger partial charge is 0.393 e. The van der Waals surface area contributed by atoms with Crippen LogP contribution in [0.4, 0.5) is 0 Å². The number of unbranched alkanes of at least 4 members (excludes halogenated alkanes) is 5. The van der Waals surface area contributed by atoms with Crippen LogP contribution < -0.4 is 0 Å². The van der Waals surface area contributed by atoms with Crippen molar-refractivity contribution in [1.29, 1.82) is 0 Å². The van der Waals surface area contributed by atoms with Crippen molar-refractivity contribution in [3.8, 4) is 0 Å². The summed E-state index contributed by atoms with van der Waals surface area (Å²) < 4.78 is 0.